The summed E-state index contributed by atoms with van der Waals surface area (Å²) in [6.45, 7) is 0.950. The van der Waals surface area contributed by atoms with Crippen molar-refractivity contribution in [2.75, 3.05) is 13.1 Å². The lowest BCUT2D eigenvalue weighted by atomic mass is 10.1. The normalized spacial score (nSPS) is 20.2. The number of nitrogens with two attached hydrogens (primary N) is 1. The molecule has 0 saturated carbocycles. The van der Waals surface area contributed by atoms with Crippen LogP contribution in [0.15, 0.2) is 18.2 Å². The monoisotopic (exact) mass is 268 g/mol. The van der Waals surface area contributed by atoms with Gasteiger partial charge in [0.15, 0.2) is 0 Å². The van der Waals surface area contributed by atoms with Gasteiger partial charge in [-0.05, 0) is 25.0 Å². The van der Waals surface area contributed by atoms with E-state index in [2.05, 4.69) is 0 Å². The van der Waals surface area contributed by atoms with Crippen molar-refractivity contribution in [2.45, 2.75) is 31.7 Å². The van der Waals surface area contributed by atoms with Crippen molar-refractivity contribution in [3.63, 3.8) is 0 Å². The van der Waals surface area contributed by atoms with Gasteiger partial charge in [0.25, 0.3) is 5.91 Å². The molecular formula is C14H18F2N2O. The number of halogens is 2. The van der Waals surface area contributed by atoms with E-state index in [0.29, 0.717) is 13.1 Å². The molecule has 0 aromatic heterocycles. The van der Waals surface area contributed by atoms with Gasteiger partial charge in [-0.15, -0.1) is 0 Å². The minimum atomic E-state index is -0.815. The van der Waals surface area contributed by atoms with Crippen LogP contribution in [0.4, 0.5) is 8.78 Å². The second-order valence-corrected chi connectivity index (χ2v) is 4.86. The van der Waals surface area contributed by atoms with Crippen LogP contribution in [0.25, 0.3) is 0 Å². The van der Waals surface area contributed by atoms with E-state index in [-0.39, 0.29) is 11.6 Å². The van der Waals surface area contributed by atoms with E-state index in [1.54, 1.807) is 4.90 Å². The van der Waals surface area contributed by atoms with Crippen LogP contribution in [0.2, 0.25) is 0 Å². The minimum Gasteiger partial charge on any atom is -0.334 e. The van der Waals surface area contributed by atoms with E-state index in [1.807, 2.05) is 0 Å². The zero-order valence-corrected chi connectivity index (χ0v) is 10.7. The molecule has 1 aliphatic heterocycles. The van der Waals surface area contributed by atoms with E-state index in [9.17, 15) is 13.6 Å². The average Bonchev–Trinajstić information content (AvgIpc) is 2.63. The smallest absolute Gasteiger partial charge is 0.257 e. The molecule has 19 heavy (non-hydrogen) atoms. The third-order valence-corrected chi connectivity index (χ3v) is 3.57. The molecule has 0 spiro atoms. The van der Waals surface area contributed by atoms with Crippen LogP contribution in [0.5, 0.6) is 0 Å². The van der Waals surface area contributed by atoms with Gasteiger partial charge in [-0.3, -0.25) is 4.79 Å². The third-order valence-electron chi connectivity index (χ3n) is 3.57. The van der Waals surface area contributed by atoms with E-state index in [0.717, 1.165) is 37.8 Å². The van der Waals surface area contributed by atoms with Gasteiger partial charge in [-0.25, -0.2) is 8.78 Å². The summed E-state index contributed by atoms with van der Waals surface area (Å²) in [6, 6.07) is 2.99. The average molecular weight is 268 g/mol. The van der Waals surface area contributed by atoms with Crippen LogP contribution < -0.4 is 5.73 Å². The van der Waals surface area contributed by atoms with Crippen molar-refractivity contribution in [3.05, 3.63) is 35.4 Å². The maximum absolute atomic E-state index is 13.7. The van der Waals surface area contributed by atoms with Crippen molar-refractivity contribution in [2.24, 2.45) is 5.73 Å². The molecule has 1 aromatic carbocycles. The predicted molar refractivity (Wildman–Crippen MR) is 68.7 cm³/mol. The SMILES string of the molecule is NCC1CCCCCN1C(=O)c1ccc(F)cc1F. The molecule has 1 heterocycles. The first-order valence-electron chi connectivity index (χ1n) is 6.59. The Balaban J connectivity index is 2.25. The maximum Gasteiger partial charge on any atom is 0.257 e. The molecule has 2 rings (SSSR count). The van der Waals surface area contributed by atoms with Crippen LogP contribution in [0, 0.1) is 11.6 Å². The number of hydrogen-bond acceptors (Lipinski definition) is 2. The second kappa shape index (κ2) is 6.10. The third kappa shape index (κ3) is 3.10. The van der Waals surface area contributed by atoms with Crippen molar-refractivity contribution in [1.29, 1.82) is 0 Å². The van der Waals surface area contributed by atoms with Crippen LogP contribution in [-0.4, -0.2) is 29.9 Å². The van der Waals surface area contributed by atoms with Gasteiger partial charge in [0, 0.05) is 25.2 Å². The number of carbonyl (C=O) groups excluding carboxylic acids is 1. The number of amides is 1. The molecule has 104 valence electrons. The molecule has 5 heteroatoms. The number of rotatable bonds is 2. The largest absolute Gasteiger partial charge is 0.334 e. The minimum absolute atomic E-state index is 0.0561. The second-order valence-electron chi connectivity index (χ2n) is 4.86. The van der Waals surface area contributed by atoms with Gasteiger partial charge >= 0.3 is 0 Å². The number of nitrogens with zero attached hydrogens (tertiary/aromatic N) is 1. The molecular weight excluding hydrogens is 250 g/mol. The summed E-state index contributed by atoms with van der Waals surface area (Å²) < 4.78 is 26.5. The molecule has 0 aliphatic carbocycles. The topological polar surface area (TPSA) is 46.3 Å². The Kier molecular flexibility index (Phi) is 4.47. The summed E-state index contributed by atoms with van der Waals surface area (Å²) in [5, 5.41) is 0. The highest BCUT2D eigenvalue weighted by atomic mass is 19.1. The zero-order chi connectivity index (χ0) is 13.8. The van der Waals surface area contributed by atoms with Crippen molar-refractivity contribution in [3.8, 4) is 0 Å². The maximum atomic E-state index is 13.7. The molecule has 1 fully saturated rings. The zero-order valence-electron chi connectivity index (χ0n) is 10.7. The Morgan fingerprint density at radius 3 is 2.79 bits per heavy atom. The Bertz CT molecular complexity index is 465. The fraction of sp³-hybridized carbons (Fsp3) is 0.500. The fourth-order valence-corrected chi connectivity index (χ4v) is 2.51. The van der Waals surface area contributed by atoms with Crippen molar-refractivity contribution < 1.29 is 13.6 Å². The Morgan fingerprint density at radius 1 is 1.32 bits per heavy atom. The fourth-order valence-electron chi connectivity index (χ4n) is 2.51. The molecule has 1 amide bonds. The summed E-state index contributed by atoms with van der Waals surface area (Å²) in [4.78, 5) is 14.0. The molecule has 1 atom stereocenters. The van der Waals surface area contributed by atoms with E-state index in [4.69, 9.17) is 5.73 Å². The van der Waals surface area contributed by atoms with Gasteiger partial charge in [-0.1, -0.05) is 12.8 Å². The first kappa shape index (κ1) is 13.9. The summed E-state index contributed by atoms with van der Waals surface area (Å²) in [7, 11) is 0. The number of benzene rings is 1. The summed E-state index contributed by atoms with van der Waals surface area (Å²) in [6.07, 6.45) is 3.81. The van der Waals surface area contributed by atoms with Crippen LogP contribution in [-0.2, 0) is 0 Å². The van der Waals surface area contributed by atoms with Crippen LogP contribution in [0.3, 0.4) is 0 Å². The van der Waals surface area contributed by atoms with E-state index in [1.165, 1.54) is 6.07 Å². The lowest BCUT2D eigenvalue weighted by Gasteiger charge is -2.29. The molecule has 1 saturated heterocycles. The van der Waals surface area contributed by atoms with Crippen LogP contribution >= 0.6 is 0 Å². The summed E-state index contributed by atoms with van der Waals surface area (Å²) >= 11 is 0. The molecule has 0 bridgehead atoms. The highest BCUT2D eigenvalue weighted by Gasteiger charge is 2.27. The molecule has 1 aromatic rings. The number of hydrogen-bond donors (Lipinski definition) is 1. The van der Waals surface area contributed by atoms with Crippen LogP contribution in [0.1, 0.15) is 36.0 Å². The molecule has 1 aliphatic rings. The Hall–Kier alpha value is -1.49. The van der Waals surface area contributed by atoms with Gasteiger partial charge < -0.3 is 10.6 Å². The predicted octanol–water partition coefficient (Wildman–Crippen LogP) is 2.31. The highest BCUT2D eigenvalue weighted by Crippen LogP contribution is 2.20. The van der Waals surface area contributed by atoms with Gasteiger partial charge in [0.2, 0.25) is 0 Å². The number of likely N-dealkylation sites (tertiary alicyclic amines) is 1. The summed E-state index contributed by atoms with van der Waals surface area (Å²) in [5.74, 6) is -1.89. The highest BCUT2D eigenvalue weighted by molar-refractivity contribution is 5.94. The van der Waals surface area contributed by atoms with Gasteiger partial charge in [-0.2, -0.15) is 0 Å². The van der Waals surface area contributed by atoms with Crippen molar-refractivity contribution in [1.82, 2.24) is 4.90 Å². The van der Waals surface area contributed by atoms with Crippen molar-refractivity contribution >= 4 is 5.91 Å². The lowest BCUT2D eigenvalue weighted by Crippen LogP contribution is -2.44. The number of carbonyl (C=O) groups is 1. The summed E-state index contributed by atoms with van der Waals surface area (Å²) in [5.41, 5.74) is 5.61. The molecule has 2 N–H and O–H groups in total. The quantitative estimate of drug-likeness (QED) is 0.894. The van der Waals surface area contributed by atoms with Gasteiger partial charge in [0.1, 0.15) is 11.6 Å². The molecule has 0 radical (unpaired) electrons. The standard InChI is InChI=1S/C14H18F2N2O/c15-10-5-6-12(13(16)8-10)14(19)18-7-3-1-2-4-11(18)9-17/h5-6,8,11H,1-4,7,9,17H2. The first-order valence-corrected chi connectivity index (χ1v) is 6.59. The van der Waals surface area contributed by atoms with E-state index >= 15 is 0 Å². The Labute approximate surface area is 111 Å². The van der Waals surface area contributed by atoms with Gasteiger partial charge in [0.05, 0.1) is 5.56 Å². The van der Waals surface area contributed by atoms with E-state index < -0.39 is 17.5 Å². The first-order chi connectivity index (χ1) is 9.13. The Morgan fingerprint density at radius 2 is 2.11 bits per heavy atom. The lowest BCUT2D eigenvalue weighted by molar-refractivity contribution is 0.0684. The molecule has 3 nitrogen and oxygen atoms in total. The molecule has 1 unspecified atom stereocenters.